The Balaban J connectivity index is 1.83. The highest BCUT2D eigenvalue weighted by Crippen LogP contribution is 2.36. The fourth-order valence-electron chi connectivity index (χ4n) is 3.19. The number of fused-ring (bicyclic) bond motifs is 1. The summed E-state index contributed by atoms with van der Waals surface area (Å²) in [6.07, 6.45) is 4.40. The molecule has 3 aromatic heterocycles. The average Bonchev–Trinajstić information content (AvgIpc) is 3.17. The lowest BCUT2D eigenvalue weighted by atomic mass is 10.0. The van der Waals surface area contributed by atoms with Crippen molar-refractivity contribution in [1.29, 1.82) is 0 Å². The van der Waals surface area contributed by atoms with Gasteiger partial charge in [0.2, 0.25) is 5.91 Å². The Labute approximate surface area is 174 Å². The number of pyridine rings is 1. The van der Waals surface area contributed by atoms with Crippen LogP contribution in [0.4, 0.5) is 18.9 Å². The molecule has 0 atom stereocenters. The summed E-state index contributed by atoms with van der Waals surface area (Å²) in [5.41, 5.74) is 1.89. The third-order valence-electron chi connectivity index (χ3n) is 4.57. The molecule has 2 N–H and O–H groups in total. The van der Waals surface area contributed by atoms with Crippen molar-refractivity contribution < 1.29 is 18.0 Å². The molecule has 156 valence electrons. The smallest absolute Gasteiger partial charge is 0.345 e. The molecule has 0 aliphatic rings. The van der Waals surface area contributed by atoms with Crippen LogP contribution in [0, 0.1) is 0 Å². The van der Waals surface area contributed by atoms with Gasteiger partial charge in [-0.25, -0.2) is 15.0 Å². The lowest BCUT2D eigenvalue weighted by molar-refractivity contribution is -0.137. The van der Waals surface area contributed by atoms with Gasteiger partial charge in [-0.3, -0.25) is 4.79 Å². The first-order valence-electron chi connectivity index (χ1n) is 9.25. The summed E-state index contributed by atoms with van der Waals surface area (Å²) in [6, 6.07) is 6.89. The first kappa shape index (κ1) is 20.3. The Morgan fingerprint density at radius 1 is 1.13 bits per heavy atom. The minimum atomic E-state index is -4.58. The van der Waals surface area contributed by atoms with Gasteiger partial charge in [-0.15, -0.1) is 0 Å². The van der Waals surface area contributed by atoms with Crippen molar-refractivity contribution >= 4 is 22.6 Å². The van der Waals surface area contributed by atoms with Crippen molar-refractivity contribution in [1.82, 2.24) is 19.9 Å². The first-order valence-corrected chi connectivity index (χ1v) is 9.25. The van der Waals surface area contributed by atoms with E-state index in [1.165, 1.54) is 30.7 Å². The van der Waals surface area contributed by atoms with Gasteiger partial charge >= 0.3 is 6.18 Å². The van der Waals surface area contributed by atoms with Gasteiger partial charge in [-0.1, -0.05) is 6.08 Å². The van der Waals surface area contributed by atoms with E-state index in [1.807, 2.05) is 0 Å². The predicted molar refractivity (Wildman–Crippen MR) is 111 cm³/mol. The van der Waals surface area contributed by atoms with E-state index in [-0.39, 0.29) is 11.3 Å². The number of rotatable bonds is 4. The summed E-state index contributed by atoms with van der Waals surface area (Å²) < 4.78 is 40.4. The number of carbonyl (C=O) groups excluding carboxylic acids is 1. The zero-order chi connectivity index (χ0) is 22.0. The molecular formula is C22H16F3N5O. The highest BCUT2D eigenvalue weighted by Gasteiger charge is 2.31. The number of anilines is 1. The van der Waals surface area contributed by atoms with Crippen LogP contribution in [0.3, 0.4) is 0 Å². The van der Waals surface area contributed by atoms with Gasteiger partial charge in [0.05, 0.1) is 11.3 Å². The van der Waals surface area contributed by atoms with Crippen LogP contribution in [0.2, 0.25) is 0 Å². The Hall–Kier alpha value is -4.01. The number of aromatic amines is 1. The van der Waals surface area contributed by atoms with Crippen LogP contribution in [0.5, 0.6) is 0 Å². The summed E-state index contributed by atoms with van der Waals surface area (Å²) in [6.45, 7) is 1.64. The molecule has 0 bridgehead atoms. The molecular weight excluding hydrogens is 407 g/mol. The van der Waals surface area contributed by atoms with Gasteiger partial charge < -0.3 is 10.3 Å². The molecule has 31 heavy (non-hydrogen) atoms. The zero-order valence-electron chi connectivity index (χ0n) is 16.2. The SMILES string of the molecule is CC=CC(=O)Nc1cc(-c2cnc3[nH]cc(-c4ccncn4)c3c2)cc(C(F)(F)F)c1. The standard InChI is InChI=1S/C22H16F3N5O/c1-2-3-20(31)30-16-7-13(6-15(9-16)22(23,24)25)14-8-17-18(11-28-21(17)27-10-14)19-4-5-26-12-29-19/h2-12H,1H3,(H,27,28)(H,30,31). The molecule has 1 aromatic carbocycles. The molecule has 0 saturated carbocycles. The number of allylic oxidation sites excluding steroid dienone is 1. The molecule has 0 radical (unpaired) electrons. The number of amides is 1. The van der Waals surface area contributed by atoms with Gasteiger partial charge in [-0.05, 0) is 48.9 Å². The molecule has 6 nitrogen and oxygen atoms in total. The van der Waals surface area contributed by atoms with E-state index in [0.717, 1.165) is 17.7 Å². The number of benzene rings is 1. The molecule has 4 rings (SSSR count). The predicted octanol–water partition coefficient (Wildman–Crippen LogP) is 5.22. The number of hydrogen-bond acceptors (Lipinski definition) is 4. The van der Waals surface area contributed by atoms with Crippen LogP contribution in [-0.4, -0.2) is 25.8 Å². The fourth-order valence-corrected chi connectivity index (χ4v) is 3.19. The average molecular weight is 423 g/mol. The van der Waals surface area contributed by atoms with Gasteiger partial charge in [0, 0.05) is 40.8 Å². The Morgan fingerprint density at radius 3 is 2.68 bits per heavy atom. The first-order chi connectivity index (χ1) is 14.8. The molecule has 0 aliphatic carbocycles. The Kier molecular flexibility index (Phi) is 5.24. The molecule has 0 spiro atoms. The number of halogens is 3. The maximum atomic E-state index is 13.5. The molecule has 0 unspecified atom stereocenters. The van der Waals surface area contributed by atoms with Crippen molar-refractivity contribution in [2.24, 2.45) is 0 Å². The van der Waals surface area contributed by atoms with Crippen molar-refractivity contribution in [3.63, 3.8) is 0 Å². The molecule has 4 aromatic rings. The lowest BCUT2D eigenvalue weighted by Gasteiger charge is -2.13. The van der Waals surface area contributed by atoms with E-state index < -0.39 is 17.6 Å². The van der Waals surface area contributed by atoms with E-state index in [1.54, 1.807) is 31.5 Å². The third kappa shape index (κ3) is 4.30. The van der Waals surface area contributed by atoms with Crippen LogP contribution in [0.1, 0.15) is 12.5 Å². The number of nitrogens with zero attached hydrogens (tertiary/aromatic N) is 3. The topological polar surface area (TPSA) is 83.6 Å². The van der Waals surface area contributed by atoms with Gasteiger partial charge in [0.25, 0.3) is 0 Å². The van der Waals surface area contributed by atoms with Crippen LogP contribution < -0.4 is 5.32 Å². The van der Waals surface area contributed by atoms with Crippen LogP contribution in [0.15, 0.2) is 67.4 Å². The van der Waals surface area contributed by atoms with Gasteiger partial charge in [0.15, 0.2) is 0 Å². The number of alkyl halides is 3. The molecule has 0 saturated heterocycles. The number of carbonyl (C=O) groups is 1. The lowest BCUT2D eigenvalue weighted by Crippen LogP contribution is -2.11. The van der Waals surface area contributed by atoms with Crippen LogP contribution >= 0.6 is 0 Å². The monoisotopic (exact) mass is 423 g/mol. The highest BCUT2D eigenvalue weighted by atomic mass is 19.4. The minimum absolute atomic E-state index is 0.0399. The van der Waals surface area contributed by atoms with E-state index in [0.29, 0.717) is 22.3 Å². The fraction of sp³-hybridized carbons (Fsp3) is 0.0909. The second-order valence-corrected chi connectivity index (χ2v) is 6.70. The second kappa shape index (κ2) is 8.02. The van der Waals surface area contributed by atoms with E-state index in [2.05, 4.69) is 25.3 Å². The maximum absolute atomic E-state index is 13.5. The van der Waals surface area contributed by atoms with Crippen molar-refractivity contribution in [2.75, 3.05) is 5.32 Å². The van der Waals surface area contributed by atoms with Crippen LogP contribution in [0.25, 0.3) is 33.4 Å². The normalized spacial score (nSPS) is 11.9. The molecule has 0 fully saturated rings. The molecule has 1 amide bonds. The number of nitrogens with one attached hydrogen (secondary N) is 2. The third-order valence-corrected chi connectivity index (χ3v) is 4.57. The maximum Gasteiger partial charge on any atom is 0.416 e. The summed E-state index contributed by atoms with van der Waals surface area (Å²) >= 11 is 0. The van der Waals surface area contributed by atoms with Crippen molar-refractivity contribution in [2.45, 2.75) is 13.1 Å². The van der Waals surface area contributed by atoms with Crippen molar-refractivity contribution in [3.8, 4) is 22.4 Å². The number of hydrogen-bond donors (Lipinski definition) is 2. The molecule has 9 heteroatoms. The quantitative estimate of drug-likeness (QED) is 0.441. The largest absolute Gasteiger partial charge is 0.416 e. The Bertz CT molecular complexity index is 1280. The van der Waals surface area contributed by atoms with Gasteiger partial charge in [0.1, 0.15) is 12.0 Å². The van der Waals surface area contributed by atoms with Crippen LogP contribution in [-0.2, 0) is 11.0 Å². The molecule has 3 heterocycles. The minimum Gasteiger partial charge on any atom is -0.345 e. The van der Waals surface area contributed by atoms with E-state index >= 15 is 0 Å². The van der Waals surface area contributed by atoms with Gasteiger partial charge in [-0.2, -0.15) is 13.2 Å². The van der Waals surface area contributed by atoms with Crippen molar-refractivity contribution in [3.05, 3.63) is 73.0 Å². The zero-order valence-corrected chi connectivity index (χ0v) is 16.2. The van der Waals surface area contributed by atoms with E-state index in [9.17, 15) is 18.0 Å². The highest BCUT2D eigenvalue weighted by molar-refractivity contribution is 6.00. The van der Waals surface area contributed by atoms with E-state index in [4.69, 9.17) is 0 Å². The number of aromatic nitrogens is 4. The summed E-state index contributed by atoms with van der Waals surface area (Å²) in [5.74, 6) is -0.516. The molecule has 0 aliphatic heterocycles. The summed E-state index contributed by atoms with van der Waals surface area (Å²) in [7, 11) is 0. The second-order valence-electron chi connectivity index (χ2n) is 6.70. The summed E-state index contributed by atoms with van der Waals surface area (Å²) in [5, 5.41) is 3.17. The summed E-state index contributed by atoms with van der Waals surface area (Å²) in [4.78, 5) is 27.3. The number of H-pyrrole nitrogens is 1. The Morgan fingerprint density at radius 2 is 1.97 bits per heavy atom.